The van der Waals surface area contributed by atoms with Crippen LogP contribution in [0.2, 0.25) is 0 Å². The molecule has 2 aromatic heterocycles. The molecule has 1 fully saturated rings. The van der Waals surface area contributed by atoms with Crippen LogP contribution in [-0.2, 0) is 9.47 Å². The van der Waals surface area contributed by atoms with E-state index in [1.807, 2.05) is 0 Å². The minimum Gasteiger partial charge on any atom is -0.462 e. The molecule has 1 aliphatic heterocycles. The van der Waals surface area contributed by atoms with E-state index in [1.54, 1.807) is 20.2 Å². The van der Waals surface area contributed by atoms with Gasteiger partial charge in [-0.1, -0.05) is 11.3 Å². The van der Waals surface area contributed by atoms with Gasteiger partial charge < -0.3 is 24.7 Å². The van der Waals surface area contributed by atoms with Crippen molar-refractivity contribution in [3.05, 3.63) is 29.3 Å². The summed E-state index contributed by atoms with van der Waals surface area (Å²) in [6, 6.07) is -0.127. The molecule has 2 aromatic rings. The highest BCUT2D eigenvalue weighted by Crippen LogP contribution is 2.27. The summed E-state index contributed by atoms with van der Waals surface area (Å²) in [4.78, 5) is 37.6. The molecule has 1 saturated heterocycles. The highest BCUT2D eigenvalue weighted by molar-refractivity contribution is 7.17. The number of piperidine rings is 1. The van der Waals surface area contributed by atoms with Crippen LogP contribution in [0.1, 0.15) is 33.6 Å². The van der Waals surface area contributed by atoms with Crippen molar-refractivity contribution >= 4 is 28.3 Å². The molecule has 0 aliphatic carbocycles. The summed E-state index contributed by atoms with van der Waals surface area (Å²) in [6.45, 7) is 3.36. The fourth-order valence-electron chi connectivity index (χ4n) is 2.83. The lowest BCUT2D eigenvalue weighted by molar-refractivity contribution is 0.0530. The highest BCUT2D eigenvalue weighted by atomic mass is 32.1. The second-order valence-electron chi connectivity index (χ2n) is 5.75. The van der Waals surface area contributed by atoms with Crippen LogP contribution in [0.15, 0.2) is 18.6 Å². The Morgan fingerprint density at radius 1 is 1.46 bits per heavy atom. The van der Waals surface area contributed by atoms with Crippen molar-refractivity contribution in [3.63, 3.8) is 0 Å². The van der Waals surface area contributed by atoms with Crippen molar-refractivity contribution in [3.8, 4) is 0 Å². The molecule has 0 saturated carbocycles. The summed E-state index contributed by atoms with van der Waals surface area (Å²) in [5, 5.41) is 3.70. The van der Waals surface area contributed by atoms with Gasteiger partial charge in [0.05, 0.1) is 24.9 Å². The molecule has 0 unspecified atom stereocenters. The minimum atomic E-state index is -0.361. The number of H-pyrrole nitrogens is 1. The van der Waals surface area contributed by atoms with Crippen LogP contribution in [-0.4, -0.2) is 65.8 Å². The van der Waals surface area contributed by atoms with Gasteiger partial charge in [0, 0.05) is 32.6 Å². The number of esters is 1. The predicted octanol–water partition coefficient (Wildman–Crippen LogP) is 1.07. The van der Waals surface area contributed by atoms with Crippen LogP contribution in [0.3, 0.4) is 0 Å². The van der Waals surface area contributed by atoms with Crippen LogP contribution >= 0.6 is 11.3 Å². The number of aromatic amines is 1. The number of rotatable bonds is 6. The Morgan fingerprint density at radius 3 is 3.00 bits per heavy atom. The molecule has 1 amide bonds. The molecule has 2 atom stereocenters. The molecule has 0 aromatic carbocycles. The van der Waals surface area contributed by atoms with Crippen LogP contribution in [0.4, 0.5) is 5.13 Å². The molecule has 0 bridgehead atoms. The quantitative estimate of drug-likeness (QED) is 0.723. The van der Waals surface area contributed by atoms with Crippen molar-refractivity contribution in [2.45, 2.75) is 25.5 Å². The van der Waals surface area contributed by atoms with Gasteiger partial charge in [0.1, 0.15) is 4.88 Å². The van der Waals surface area contributed by atoms with Crippen molar-refractivity contribution in [2.75, 3.05) is 31.7 Å². The van der Waals surface area contributed by atoms with Crippen molar-refractivity contribution in [1.82, 2.24) is 20.3 Å². The van der Waals surface area contributed by atoms with Crippen molar-refractivity contribution in [1.29, 1.82) is 0 Å². The number of ether oxygens (including phenoxy) is 2. The molecule has 140 valence electrons. The molecule has 26 heavy (non-hydrogen) atoms. The molecular formula is C16H21N5O4S. The van der Waals surface area contributed by atoms with Crippen LogP contribution < -0.4 is 10.2 Å². The number of nitrogens with zero attached hydrogens (tertiary/aromatic N) is 3. The van der Waals surface area contributed by atoms with E-state index in [0.717, 1.165) is 5.13 Å². The third kappa shape index (κ3) is 4.02. The Balaban J connectivity index is 1.62. The Hall–Kier alpha value is -2.46. The normalized spacial score (nSPS) is 20.0. The maximum absolute atomic E-state index is 12.2. The Kier molecular flexibility index (Phi) is 5.84. The van der Waals surface area contributed by atoms with Gasteiger partial charge in [-0.15, -0.1) is 0 Å². The monoisotopic (exact) mass is 379 g/mol. The average molecular weight is 379 g/mol. The van der Waals surface area contributed by atoms with Gasteiger partial charge in [-0.2, -0.15) is 0 Å². The molecule has 10 heteroatoms. The standard InChI is InChI=1S/C16H21N5O4S/c1-3-25-15(23)12-8-19-16(26-12)21-7-4-10(11(9-21)24-2)20-14(22)13-17-5-6-18-13/h5-6,8,10-11H,3-4,7,9H2,1-2H3,(H,17,18)(H,20,22)/t10-,11+/m0/s1. The third-order valence-corrected chi connectivity index (χ3v) is 5.17. The van der Waals surface area contributed by atoms with Gasteiger partial charge in [0.25, 0.3) is 5.91 Å². The number of carbonyl (C=O) groups excluding carboxylic acids is 2. The highest BCUT2D eigenvalue weighted by Gasteiger charge is 2.32. The summed E-state index contributed by atoms with van der Waals surface area (Å²) in [5.41, 5.74) is 0. The van der Waals surface area contributed by atoms with E-state index < -0.39 is 0 Å². The number of hydrogen-bond donors (Lipinski definition) is 2. The number of thiazole rings is 1. The second kappa shape index (κ2) is 8.28. The molecule has 2 N–H and O–H groups in total. The summed E-state index contributed by atoms with van der Waals surface area (Å²) in [5.74, 6) is -0.337. The van der Waals surface area contributed by atoms with E-state index in [9.17, 15) is 9.59 Å². The molecule has 0 radical (unpaired) electrons. The lowest BCUT2D eigenvalue weighted by Gasteiger charge is -2.37. The number of amides is 1. The number of nitrogens with one attached hydrogen (secondary N) is 2. The first-order valence-corrected chi connectivity index (χ1v) is 9.15. The number of hydrogen-bond acceptors (Lipinski definition) is 8. The van der Waals surface area contributed by atoms with Gasteiger partial charge in [-0.25, -0.2) is 14.8 Å². The Bertz CT molecular complexity index is 748. The van der Waals surface area contributed by atoms with E-state index in [1.165, 1.54) is 23.7 Å². The third-order valence-electron chi connectivity index (χ3n) is 4.13. The lowest BCUT2D eigenvalue weighted by atomic mass is 10.0. The summed E-state index contributed by atoms with van der Waals surface area (Å²) >= 11 is 1.30. The fourth-order valence-corrected chi connectivity index (χ4v) is 3.67. The zero-order chi connectivity index (χ0) is 18.5. The number of methoxy groups -OCH3 is 1. The smallest absolute Gasteiger partial charge is 0.350 e. The van der Waals surface area contributed by atoms with Gasteiger partial charge in [0.15, 0.2) is 11.0 Å². The lowest BCUT2D eigenvalue weighted by Crippen LogP contribution is -2.55. The number of carbonyl (C=O) groups is 2. The van der Waals surface area contributed by atoms with E-state index in [2.05, 4.69) is 25.2 Å². The predicted molar refractivity (Wildman–Crippen MR) is 95.5 cm³/mol. The van der Waals surface area contributed by atoms with E-state index in [-0.39, 0.29) is 29.8 Å². The minimum absolute atomic E-state index is 0.127. The van der Waals surface area contributed by atoms with Gasteiger partial charge >= 0.3 is 5.97 Å². The number of imidazole rings is 1. The second-order valence-corrected chi connectivity index (χ2v) is 6.76. The largest absolute Gasteiger partial charge is 0.462 e. The van der Waals surface area contributed by atoms with E-state index >= 15 is 0 Å². The van der Waals surface area contributed by atoms with Crippen molar-refractivity contribution in [2.24, 2.45) is 0 Å². The van der Waals surface area contributed by atoms with Crippen LogP contribution in [0.25, 0.3) is 0 Å². The van der Waals surface area contributed by atoms with Gasteiger partial charge in [-0.05, 0) is 13.3 Å². The van der Waals surface area contributed by atoms with E-state index in [4.69, 9.17) is 9.47 Å². The van der Waals surface area contributed by atoms with Crippen molar-refractivity contribution < 1.29 is 19.1 Å². The Labute approximate surface area is 154 Å². The summed E-state index contributed by atoms with van der Waals surface area (Å²) in [7, 11) is 1.62. The first-order chi connectivity index (χ1) is 12.6. The number of anilines is 1. The fraction of sp³-hybridized carbons (Fsp3) is 0.500. The van der Waals surface area contributed by atoms with Crippen LogP contribution in [0, 0.1) is 0 Å². The van der Waals surface area contributed by atoms with Crippen LogP contribution in [0.5, 0.6) is 0 Å². The van der Waals surface area contributed by atoms with Gasteiger partial charge in [0.2, 0.25) is 0 Å². The molecule has 0 spiro atoms. The topological polar surface area (TPSA) is 109 Å². The maximum Gasteiger partial charge on any atom is 0.350 e. The average Bonchev–Trinajstić information content (AvgIpc) is 3.34. The molecule has 1 aliphatic rings. The summed E-state index contributed by atoms with van der Waals surface area (Å²) < 4.78 is 10.6. The molecule has 3 rings (SSSR count). The molecule has 9 nitrogen and oxygen atoms in total. The van der Waals surface area contributed by atoms with Gasteiger partial charge in [-0.3, -0.25) is 4.79 Å². The zero-order valence-electron chi connectivity index (χ0n) is 14.6. The SMILES string of the molecule is CCOC(=O)c1cnc(N2CC[C@H](NC(=O)c3ncc[nH]3)[C@H](OC)C2)s1. The molecule has 3 heterocycles. The zero-order valence-corrected chi connectivity index (χ0v) is 15.4. The molecular weight excluding hydrogens is 358 g/mol. The first kappa shape index (κ1) is 18.3. The van der Waals surface area contributed by atoms with E-state index in [0.29, 0.717) is 31.0 Å². The number of aromatic nitrogens is 3. The summed E-state index contributed by atoms with van der Waals surface area (Å²) in [6.07, 6.45) is 5.17. The first-order valence-electron chi connectivity index (χ1n) is 8.33. The Morgan fingerprint density at radius 2 is 2.31 bits per heavy atom. The maximum atomic E-state index is 12.2.